The minimum atomic E-state index is -3.48. The Balaban J connectivity index is 1.68. The first kappa shape index (κ1) is 21.5. The Hall–Kier alpha value is -1.71. The van der Waals surface area contributed by atoms with Crippen LogP contribution in [0.5, 0.6) is 0 Å². The van der Waals surface area contributed by atoms with Crippen molar-refractivity contribution in [2.45, 2.75) is 68.1 Å². The molecule has 7 nitrogen and oxygen atoms in total. The third-order valence-electron chi connectivity index (χ3n) is 5.88. The summed E-state index contributed by atoms with van der Waals surface area (Å²) in [5.74, 6) is 0.0118. The maximum Gasteiger partial charge on any atom is 0.252 e. The number of halogens is 1. The molecule has 1 unspecified atom stereocenters. The summed E-state index contributed by atoms with van der Waals surface area (Å²) < 4.78 is 27.1. The van der Waals surface area contributed by atoms with Crippen molar-refractivity contribution in [3.63, 3.8) is 0 Å². The van der Waals surface area contributed by atoms with Gasteiger partial charge in [-0.25, -0.2) is 13.4 Å². The summed E-state index contributed by atoms with van der Waals surface area (Å²) >= 11 is 7.06. The molecular formula is C20H24ClN3O4S2. The van der Waals surface area contributed by atoms with Gasteiger partial charge in [-0.3, -0.25) is 9.59 Å². The van der Waals surface area contributed by atoms with Crippen LogP contribution < -0.4 is 10.9 Å². The number of amides is 1. The molecule has 30 heavy (non-hydrogen) atoms. The molecule has 2 heterocycles. The number of thiazole rings is 1. The molecule has 162 valence electrons. The number of rotatable bonds is 7. The maximum absolute atomic E-state index is 13.1. The molecule has 2 aliphatic rings. The molecule has 0 aromatic carbocycles. The lowest BCUT2D eigenvalue weighted by atomic mass is 9.97. The number of carbonyl (C=O) groups excluding carboxylic acids is 1. The van der Waals surface area contributed by atoms with E-state index in [0.29, 0.717) is 40.3 Å². The minimum Gasteiger partial charge on any atom is -0.300 e. The van der Waals surface area contributed by atoms with Crippen LogP contribution >= 0.6 is 22.9 Å². The van der Waals surface area contributed by atoms with Crippen molar-refractivity contribution in [3.05, 3.63) is 38.7 Å². The first-order chi connectivity index (χ1) is 14.3. The molecule has 2 fully saturated rings. The molecule has 0 aliphatic heterocycles. The molecule has 2 saturated carbocycles. The van der Waals surface area contributed by atoms with E-state index in [4.69, 9.17) is 11.6 Å². The molecule has 2 aromatic heterocycles. The predicted octanol–water partition coefficient (Wildman–Crippen LogP) is 3.96. The minimum absolute atomic E-state index is 0.0514. The first-order valence-electron chi connectivity index (χ1n) is 10.1. The molecule has 0 spiro atoms. The Morgan fingerprint density at radius 2 is 2.00 bits per heavy atom. The normalized spacial score (nSPS) is 18.5. The highest BCUT2D eigenvalue weighted by Crippen LogP contribution is 2.35. The fourth-order valence-corrected chi connectivity index (χ4v) is 6.77. The number of nitrogens with zero attached hydrogens (tertiary/aromatic N) is 2. The van der Waals surface area contributed by atoms with Crippen LogP contribution in [0.2, 0.25) is 4.34 Å². The Morgan fingerprint density at radius 1 is 1.30 bits per heavy atom. The highest BCUT2D eigenvalue weighted by molar-refractivity contribution is 7.92. The van der Waals surface area contributed by atoms with E-state index < -0.39 is 21.4 Å². The summed E-state index contributed by atoms with van der Waals surface area (Å²) in [6.45, 7) is 1.68. The average molecular weight is 470 g/mol. The Labute approximate surface area is 184 Å². The lowest BCUT2D eigenvalue weighted by Crippen LogP contribution is -2.36. The third-order valence-corrected chi connectivity index (χ3v) is 9.15. The second-order valence-electron chi connectivity index (χ2n) is 8.15. The predicted molar refractivity (Wildman–Crippen MR) is 117 cm³/mol. The lowest BCUT2D eigenvalue weighted by molar-refractivity contribution is -0.119. The molecule has 2 aromatic rings. The third kappa shape index (κ3) is 4.48. The Kier molecular flexibility index (Phi) is 6.05. The van der Waals surface area contributed by atoms with Crippen LogP contribution in [-0.4, -0.2) is 29.1 Å². The van der Waals surface area contributed by atoms with Crippen LogP contribution in [0.15, 0.2) is 28.0 Å². The summed E-state index contributed by atoms with van der Waals surface area (Å²) in [5.41, 5.74) is 0.00147. The van der Waals surface area contributed by atoms with Crippen molar-refractivity contribution in [2.75, 3.05) is 5.32 Å². The van der Waals surface area contributed by atoms with Gasteiger partial charge in [-0.05, 0) is 38.2 Å². The van der Waals surface area contributed by atoms with Gasteiger partial charge in [0.1, 0.15) is 10.4 Å². The molecule has 10 heteroatoms. The van der Waals surface area contributed by atoms with Crippen molar-refractivity contribution in [1.82, 2.24) is 9.55 Å². The van der Waals surface area contributed by atoms with Crippen LogP contribution in [0, 0.1) is 12.8 Å². The molecule has 4 rings (SSSR count). The molecule has 1 N–H and O–H groups in total. The number of carbonyl (C=O) groups is 1. The van der Waals surface area contributed by atoms with E-state index in [2.05, 4.69) is 10.3 Å². The quantitative estimate of drug-likeness (QED) is 0.661. The lowest BCUT2D eigenvalue weighted by Gasteiger charge is -2.24. The van der Waals surface area contributed by atoms with Crippen molar-refractivity contribution in [2.24, 2.45) is 5.92 Å². The molecular weight excluding hydrogens is 446 g/mol. The number of hydrogen-bond acceptors (Lipinski definition) is 6. The van der Waals surface area contributed by atoms with Crippen LogP contribution in [0.4, 0.5) is 5.13 Å². The van der Waals surface area contributed by atoms with Gasteiger partial charge in [-0.1, -0.05) is 48.6 Å². The van der Waals surface area contributed by atoms with E-state index >= 15 is 0 Å². The highest BCUT2D eigenvalue weighted by Gasteiger charge is 2.38. The SMILES string of the molecule is Cc1cc(S(=O)(=O)C2CC2)cc(=O)n1C(CC1CCCC1)C(=O)Nc1ncc(Cl)s1. The van der Waals surface area contributed by atoms with E-state index in [-0.39, 0.29) is 16.1 Å². The number of nitrogens with one attached hydrogen (secondary N) is 1. The summed E-state index contributed by atoms with van der Waals surface area (Å²) in [4.78, 5) is 30.3. The number of sulfone groups is 1. The smallest absolute Gasteiger partial charge is 0.252 e. The van der Waals surface area contributed by atoms with E-state index in [1.54, 1.807) is 6.92 Å². The monoisotopic (exact) mass is 469 g/mol. The van der Waals surface area contributed by atoms with Crippen LogP contribution in [0.25, 0.3) is 0 Å². The average Bonchev–Trinajstić information content (AvgIpc) is 3.29. The number of hydrogen-bond donors (Lipinski definition) is 1. The maximum atomic E-state index is 13.1. The van der Waals surface area contributed by atoms with Crippen molar-refractivity contribution in [3.8, 4) is 0 Å². The highest BCUT2D eigenvalue weighted by atomic mass is 35.5. The van der Waals surface area contributed by atoms with Gasteiger partial charge in [0.25, 0.3) is 5.56 Å². The van der Waals surface area contributed by atoms with Crippen LogP contribution in [0.3, 0.4) is 0 Å². The number of aromatic nitrogens is 2. The molecule has 0 saturated heterocycles. The van der Waals surface area contributed by atoms with E-state index in [1.165, 1.54) is 16.8 Å². The number of aryl methyl sites for hydroxylation is 1. The zero-order valence-corrected chi connectivity index (χ0v) is 19.0. The van der Waals surface area contributed by atoms with Crippen LogP contribution in [-0.2, 0) is 14.6 Å². The van der Waals surface area contributed by atoms with Gasteiger partial charge in [0.05, 0.1) is 16.3 Å². The van der Waals surface area contributed by atoms with Gasteiger partial charge in [0.15, 0.2) is 15.0 Å². The van der Waals surface area contributed by atoms with Crippen molar-refractivity contribution < 1.29 is 13.2 Å². The molecule has 0 bridgehead atoms. The zero-order chi connectivity index (χ0) is 21.5. The Bertz CT molecular complexity index is 1120. The van der Waals surface area contributed by atoms with Gasteiger partial charge in [-0.2, -0.15) is 0 Å². The number of anilines is 1. The largest absolute Gasteiger partial charge is 0.300 e. The number of pyridine rings is 1. The second-order valence-corrected chi connectivity index (χ2v) is 12.0. The van der Waals surface area contributed by atoms with Gasteiger partial charge in [-0.15, -0.1) is 0 Å². The molecule has 1 amide bonds. The summed E-state index contributed by atoms with van der Waals surface area (Å²) in [5, 5.41) is 2.75. The second kappa shape index (κ2) is 8.43. The summed E-state index contributed by atoms with van der Waals surface area (Å²) in [6, 6.07) is 1.95. The van der Waals surface area contributed by atoms with E-state index in [1.807, 2.05) is 0 Å². The van der Waals surface area contributed by atoms with Gasteiger partial charge in [0.2, 0.25) is 5.91 Å². The Morgan fingerprint density at radius 3 is 2.57 bits per heavy atom. The van der Waals surface area contributed by atoms with Gasteiger partial charge < -0.3 is 9.88 Å². The standard InChI is InChI=1S/C20H24ClN3O4S2/c1-12-8-15(30(27,28)14-6-7-14)10-18(25)24(12)16(9-13-4-2-3-5-13)19(26)23-20-22-11-17(21)29-20/h8,10-11,13-14,16H,2-7,9H2,1H3,(H,22,23,26). The zero-order valence-electron chi connectivity index (χ0n) is 16.6. The topological polar surface area (TPSA) is 98.1 Å². The summed E-state index contributed by atoms with van der Waals surface area (Å²) in [6.07, 6.45) is 7.54. The van der Waals surface area contributed by atoms with Gasteiger partial charge >= 0.3 is 0 Å². The fraction of sp³-hybridized carbons (Fsp3) is 0.550. The molecule has 0 radical (unpaired) electrons. The van der Waals surface area contributed by atoms with Gasteiger partial charge in [0, 0.05) is 11.8 Å². The fourth-order valence-electron chi connectivity index (χ4n) is 4.21. The first-order valence-corrected chi connectivity index (χ1v) is 12.9. The molecule has 2 aliphatic carbocycles. The van der Waals surface area contributed by atoms with Crippen LogP contribution in [0.1, 0.15) is 56.7 Å². The van der Waals surface area contributed by atoms with E-state index in [0.717, 1.165) is 43.1 Å². The molecule has 1 atom stereocenters. The van der Waals surface area contributed by atoms with E-state index in [9.17, 15) is 18.0 Å². The van der Waals surface area contributed by atoms with Crippen molar-refractivity contribution >= 4 is 43.8 Å². The summed E-state index contributed by atoms with van der Waals surface area (Å²) in [7, 11) is -3.48. The van der Waals surface area contributed by atoms with Crippen molar-refractivity contribution in [1.29, 1.82) is 0 Å².